The number of benzene rings is 1. The van der Waals surface area contributed by atoms with Gasteiger partial charge < -0.3 is 4.90 Å². The molecule has 4 rings (SSSR count). The molecular formula is C25H33ClN4O2. The second-order valence-corrected chi connectivity index (χ2v) is 9.38. The van der Waals surface area contributed by atoms with Crippen LogP contribution >= 0.6 is 11.6 Å². The van der Waals surface area contributed by atoms with Crippen molar-refractivity contribution in [3.05, 3.63) is 62.3 Å². The predicted molar refractivity (Wildman–Crippen MR) is 131 cm³/mol. The molecule has 2 aliphatic heterocycles. The molecule has 2 aliphatic rings. The summed E-state index contributed by atoms with van der Waals surface area (Å²) in [5, 5.41) is 0.387. The number of aromatic nitrogens is 2. The fourth-order valence-electron chi connectivity index (χ4n) is 4.86. The Kier molecular flexibility index (Phi) is 7.63. The Balaban J connectivity index is 1.33. The van der Waals surface area contributed by atoms with Gasteiger partial charge in [0, 0.05) is 19.5 Å². The van der Waals surface area contributed by atoms with Crippen molar-refractivity contribution in [3.63, 3.8) is 0 Å². The Morgan fingerprint density at radius 2 is 1.66 bits per heavy atom. The van der Waals surface area contributed by atoms with Crippen molar-refractivity contribution in [2.75, 3.05) is 19.6 Å². The highest BCUT2D eigenvalue weighted by molar-refractivity contribution is 6.66. The fourth-order valence-corrected chi connectivity index (χ4v) is 5.08. The highest BCUT2D eigenvalue weighted by Crippen LogP contribution is 2.28. The number of hydrogen-bond donors (Lipinski definition) is 0. The van der Waals surface area contributed by atoms with Gasteiger partial charge in [-0.2, -0.15) is 0 Å². The van der Waals surface area contributed by atoms with Gasteiger partial charge in [-0.1, -0.05) is 55.3 Å². The van der Waals surface area contributed by atoms with Crippen LogP contribution in [0, 0.1) is 0 Å². The molecule has 6 nitrogen and oxygen atoms in total. The van der Waals surface area contributed by atoms with Crippen molar-refractivity contribution in [3.8, 4) is 0 Å². The van der Waals surface area contributed by atoms with Gasteiger partial charge in [-0.15, -0.1) is 0 Å². The normalized spacial score (nSPS) is 16.9. The maximum absolute atomic E-state index is 13.0. The van der Waals surface area contributed by atoms with Gasteiger partial charge in [0.25, 0.3) is 5.56 Å². The lowest BCUT2D eigenvalue weighted by Gasteiger charge is -2.32. The summed E-state index contributed by atoms with van der Waals surface area (Å²) < 4.78 is 3.05. The third-order valence-corrected chi connectivity index (χ3v) is 6.96. The van der Waals surface area contributed by atoms with E-state index in [0.717, 1.165) is 45.3 Å². The molecular weight excluding hydrogens is 424 g/mol. The van der Waals surface area contributed by atoms with Gasteiger partial charge in [0.05, 0.1) is 5.56 Å². The number of nitrogens with zero attached hydrogens (tertiary/aromatic N) is 4. The number of aliphatic imine (C=N–C) groups is 1. The molecule has 32 heavy (non-hydrogen) atoms. The number of likely N-dealkylation sites (tertiary alicyclic amines) is 1. The summed E-state index contributed by atoms with van der Waals surface area (Å²) in [7, 11) is 0. The van der Waals surface area contributed by atoms with Crippen molar-refractivity contribution < 1.29 is 0 Å². The number of halogens is 1. The van der Waals surface area contributed by atoms with E-state index in [4.69, 9.17) is 11.6 Å². The Labute approximate surface area is 194 Å². The van der Waals surface area contributed by atoms with Crippen LogP contribution in [-0.4, -0.2) is 38.8 Å². The van der Waals surface area contributed by atoms with Crippen LogP contribution in [0.25, 0.3) is 0 Å². The number of piperidine rings is 1. The predicted octanol–water partition coefficient (Wildman–Crippen LogP) is 4.29. The van der Waals surface area contributed by atoms with Gasteiger partial charge in [0.2, 0.25) is 0 Å². The zero-order valence-electron chi connectivity index (χ0n) is 18.9. The molecule has 0 amide bonds. The Bertz CT molecular complexity index is 1070. The van der Waals surface area contributed by atoms with E-state index >= 15 is 0 Å². The van der Waals surface area contributed by atoms with Crippen molar-refractivity contribution in [1.29, 1.82) is 0 Å². The summed E-state index contributed by atoms with van der Waals surface area (Å²) in [5.74, 6) is 1.13. The smallest absolute Gasteiger partial charge is 0.303 e. The van der Waals surface area contributed by atoms with Gasteiger partial charge in [0.15, 0.2) is 0 Å². The highest BCUT2D eigenvalue weighted by Gasteiger charge is 2.24. The molecule has 1 aromatic heterocycles. The number of hydrogen-bond acceptors (Lipinski definition) is 4. The van der Waals surface area contributed by atoms with Crippen LogP contribution in [0.5, 0.6) is 0 Å². The van der Waals surface area contributed by atoms with Crippen LogP contribution in [0.15, 0.2) is 44.9 Å². The third kappa shape index (κ3) is 5.07. The maximum Gasteiger partial charge on any atom is 0.332 e. The molecule has 2 aromatic rings. The lowest BCUT2D eigenvalue weighted by molar-refractivity contribution is 0.207. The second-order valence-electron chi connectivity index (χ2n) is 8.95. The van der Waals surface area contributed by atoms with E-state index in [1.165, 1.54) is 23.0 Å². The first-order valence-corrected chi connectivity index (χ1v) is 12.3. The fraction of sp³-hybridized carbons (Fsp3) is 0.560. The first kappa shape index (κ1) is 23.0. The van der Waals surface area contributed by atoms with Crippen LogP contribution < -0.4 is 11.2 Å². The minimum absolute atomic E-state index is 0.221. The second kappa shape index (κ2) is 10.6. The summed E-state index contributed by atoms with van der Waals surface area (Å²) in [5.41, 5.74) is 1.54. The maximum atomic E-state index is 13.0. The SMILES string of the molecule is CCCCn1c2c(c(=O)n(CCCCN3CCC(c4ccccc4)CC3)c1=O)CC(Cl)=N2. The summed E-state index contributed by atoms with van der Waals surface area (Å²) in [6.07, 6.45) is 6.35. The Morgan fingerprint density at radius 3 is 2.38 bits per heavy atom. The summed E-state index contributed by atoms with van der Waals surface area (Å²) >= 11 is 6.10. The van der Waals surface area contributed by atoms with Gasteiger partial charge in [-0.05, 0) is 63.2 Å². The highest BCUT2D eigenvalue weighted by atomic mass is 35.5. The largest absolute Gasteiger partial charge is 0.332 e. The molecule has 0 bridgehead atoms. The number of rotatable bonds is 9. The van der Waals surface area contributed by atoms with Gasteiger partial charge in [-0.3, -0.25) is 13.9 Å². The molecule has 7 heteroatoms. The van der Waals surface area contributed by atoms with E-state index in [0.29, 0.717) is 42.0 Å². The lowest BCUT2D eigenvalue weighted by atomic mass is 9.89. The van der Waals surface area contributed by atoms with Crippen LogP contribution in [0.1, 0.15) is 62.5 Å². The first-order valence-electron chi connectivity index (χ1n) is 12.0. The quantitative estimate of drug-likeness (QED) is 0.529. The molecule has 0 saturated carbocycles. The number of unbranched alkanes of at least 4 members (excludes halogenated alkanes) is 2. The van der Waals surface area contributed by atoms with E-state index in [1.807, 2.05) is 0 Å². The molecule has 0 atom stereocenters. The van der Waals surface area contributed by atoms with Crippen molar-refractivity contribution in [2.45, 2.75) is 70.9 Å². The van der Waals surface area contributed by atoms with E-state index in [2.05, 4.69) is 47.1 Å². The van der Waals surface area contributed by atoms with E-state index in [-0.39, 0.29) is 11.2 Å². The summed E-state index contributed by atoms with van der Waals surface area (Å²) in [6.45, 7) is 6.34. The van der Waals surface area contributed by atoms with Crippen molar-refractivity contribution in [1.82, 2.24) is 14.0 Å². The van der Waals surface area contributed by atoms with Crippen molar-refractivity contribution in [2.24, 2.45) is 4.99 Å². The van der Waals surface area contributed by atoms with E-state index in [1.54, 1.807) is 4.57 Å². The van der Waals surface area contributed by atoms with Crippen molar-refractivity contribution >= 4 is 22.6 Å². The molecule has 0 unspecified atom stereocenters. The van der Waals surface area contributed by atoms with Crippen LogP contribution in [0.4, 0.5) is 5.82 Å². The molecule has 172 valence electrons. The Morgan fingerprint density at radius 1 is 0.969 bits per heavy atom. The minimum Gasteiger partial charge on any atom is -0.303 e. The van der Waals surface area contributed by atoms with E-state index < -0.39 is 0 Å². The van der Waals surface area contributed by atoms with E-state index in [9.17, 15) is 9.59 Å². The Hall–Kier alpha value is -2.18. The molecule has 3 heterocycles. The molecule has 1 aromatic carbocycles. The van der Waals surface area contributed by atoms with Gasteiger partial charge >= 0.3 is 5.69 Å². The van der Waals surface area contributed by atoms with Gasteiger partial charge in [-0.25, -0.2) is 9.79 Å². The summed E-state index contributed by atoms with van der Waals surface area (Å²) in [4.78, 5) is 32.7. The average molecular weight is 457 g/mol. The molecule has 1 fully saturated rings. The summed E-state index contributed by atoms with van der Waals surface area (Å²) in [6, 6.07) is 10.8. The number of fused-ring (bicyclic) bond motifs is 1. The molecule has 1 saturated heterocycles. The lowest BCUT2D eigenvalue weighted by Crippen LogP contribution is -2.41. The molecule has 0 spiro atoms. The van der Waals surface area contributed by atoms with Crippen LogP contribution in [-0.2, 0) is 19.5 Å². The standard InChI is InChI=1S/C25H33ClN4O2/c1-2-3-14-29-23-21(18-22(26)27-23)24(31)30(25(29)32)15-8-7-13-28-16-11-20(12-17-28)19-9-5-4-6-10-19/h4-6,9-10,20H,2-3,7-8,11-18H2,1H3. The zero-order valence-corrected chi connectivity index (χ0v) is 19.7. The zero-order chi connectivity index (χ0) is 22.5. The molecule has 0 aliphatic carbocycles. The monoisotopic (exact) mass is 456 g/mol. The van der Waals surface area contributed by atoms with Gasteiger partial charge in [0.1, 0.15) is 11.0 Å². The molecule has 0 radical (unpaired) electrons. The average Bonchev–Trinajstić information content (AvgIpc) is 3.21. The topological polar surface area (TPSA) is 59.6 Å². The van der Waals surface area contributed by atoms with Crippen LogP contribution in [0.2, 0.25) is 0 Å². The minimum atomic E-state index is -0.249. The van der Waals surface area contributed by atoms with Crippen LogP contribution in [0.3, 0.4) is 0 Å². The third-order valence-electron chi connectivity index (χ3n) is 6.74. The first-order chi connectivity index (χ1) is 15.6. The molecule has 0 N–H and O–H groups in total.